The number of rotatable bonds is 9. The van der Waals surface area contributed by atoms with Crippen LogP contribution in [0.1, 0.15) is 78.6 Å². The summed E-state index contributed by atoms with van der Waals surface area (Å²) >= 11 is 6.68. The summed E-state index contributed by atoms with van der Waals surface area (Å²) in [5, 5.41) is 0. The van der Waals surface area contributed by atoms with Crippen molar-refractivity contribution < 1.29 is 0 Å². The second-order valence-electron chi connectivity index (χ2n) is 4.46. The summed E-state index contributed by atoms with van der Waals surface area (Å²) < 4.78 is 0. The van der Waals surface area contributed by atoms with Gasteiger partial charge in [0.15, 0.2) is 0 Å². The topological polar surface area (TPSA) is 0 Å². The van der Waals surface area contributed by atoms with E-state index in [0.29, 0.717) is 0 Å². The van der Waals surface area contributed by atoms with E-state index < -0.39 is 0 Å². The van der Waals surface area contributed by atoms with Crippen molar-refractivity contribution >= 4 is 35.5 Å². The maximum atomic E-state index is 6.68. The van der Waals surface area contributed by atoms with Crippen LogP contribution in [0.5, 0.6) is 0 Å². The molecule has 0 radical (unpaired) electrons. The van der Waals surface area contributed by atoms with E-state index in [1.807, 2.05) is 0 Å². The summed E-state index contributed by atoms with van der Waals surface area (Å²) in [4.78, 5) is 0.127. The second-order valence-corrected chi connectivity index (χ2v) is 5.26. The quantitative estimate of drug-likeness (QED) is 0.438. The first-order valence-electron chi connectivity index (χ1n) is 6.37. The molecule has 0 fully saturated rings. The number of hydrogen-bond donors (Lipinski definition) is 0. The predicted molar refractivity (Wildman–Crippen MR) is 78.5 cm³/mol. The fourth-order valence-corrected chi connectivity index (χ4v) is 2.26. The van der Waals surface area contributed by atoms with Gasteiger partial charge < -0.3 is 0 Å². The Bertz CT molecular complexity index is 104. The summed E-state index contributed by atoms with van der Waals surface area (Å²) in [5.41, 5.74) is 0. The Morgan fingerprint density at radius 2 is 1.00 bits per heavy atom. The van der Waals surface area contributed by atoms with Crippen molar-refractivity contribution in [2.75, 3.05) is 0 Å². The average molecular weight is 342 g/mol. The van der Waals surface area contributed by atoms with Gasteiger partial charge in [-0.3, -0.25) is 0 Å². The van der Waals surface area contributed by atoms with Crippen LogP contribution in [0.4, 0.5) is 0 Å². The zero-order valence-electron chi connectivity index (χ0n) is 10.2. The maximum absolute atomic E-state index is 6.68. The fraction of sp³-hybridized carbons (Fsp3) is 1.00. The summed E-state index contributed by atoms with van der Waals surface area (Å²) in [7, 11) is 0. The van der Waals surface area contributed by atoms with E-state index in [4.69, 9.17) is 11.6 Å². The molecule has 15 heavy (non-hydrogen) atoms. The molecule has 0 N–H and O–H groups in total. The molecule has 0 amide bonds. The fourth-order valence-electron chi connectivity index (χ4n) is 1.86. The average Bonchev–Trinajstić information content (AvgIpc) is 2.21. The molecule has 0 saturated heterocycles. The minimum atomic E-state index is 0. The molecule has 0 aliphatic heterocycles. The van der Waals surface area contributed by atoms with Crippen LogP contribution in [0.15, 0.2) is 0 Å². The molecule has 0 aromatic heterocycles. The zero-order chi connectivity index (χ0) is 10.9. The third kappa shape index (κ3) is 9.99. The Hall–Kier alpha value is 1.09. The Labute approximate surface area is 119 Å². The first-order valence-corrected chi connectivity index (χ1v) is 6.75. The van der Waals surface area contributed by atoms with E-state index in [0.717, 1.165) is 0 Å². The molecule has 0 rings (SSSR count). The van der Waals surface area contributed by atoms with E-state index in [2.05, 4.69) is 20.8 Å². The van der Waals surface area contributed by atoms with Crippen LogP contribution in [0.3, 0.4) is 0 Å². The van der Waals surface area contributed by atoms with Crippen molar-refractivity contribution in [1.29, 1.82) is 0 Å². The summed E-state index contributed by atoms with van der Waals surface area (Å²) in [5.74, 6) is 0. The van der Waals surface area contributed by atoms with Gasteiger partial charge in [0.05, 0.1) is 0 Å². The van der Waals surface area contributed by atoms with Crippen molar-refractivity contribution in [2.45, 2.75) is 83.4 Å². The Balaban J connectivity index is 0. The molecule has 2 heteroatoms. The molecule has 0 atom stereocenters. The summed E-state index contributed by atoms with van der Waals surface area (Å²) in [6, 6.07) is 0. The van der Waals surface area contributed by atoms with Crippen LogP contribution in [0.2, 0.25) is 0 Å². The molecule has 0 aliphatic carbocycles. The van der Waals surface area contributed by atoms with Gasteiger partial charge in [-0.25, -0.2) is 0 Å². The van der Waals surface area contributed by atoms with E-state index >= 15 is 0 Å². The van der Waals surface area contributed by atoms with E-state index in [1.54, 1.807) is 0 Å². The molecule has 0 aromatic rings. The monoisotopic (exact) mass is 342 g/mol. The van der Waals surface area contributed by atoms with E-state index in [9.17, 15) is 0 Å². The number of alkyl halides is 1. The second kappa shape index (κ2) is 11.6. The first-order chi connectivity index (χ1) is 6.68. The molecule has 0 aromatic carbocycles. The van der Waals surface area contributed by atoms with Gasteiger partial charge in [0.25, 0.3) is 0 Å². The molecule has 0 aliphatic rings. The molecule has 94 valence electrons. The predicted octanol–water partition coefficient (Wildman–Crippen LogP) is 4.08. The van der Waals surface area contributed by atoms with Crippen molar-refractivity contribution in [2.24, 2.45) is 0 Å². The van der Waals surface area contributed by atoms with Crippen molar-refractivity contribution in [3.8, 4) is 0 Å². The molecule has 0 bridgehead atoms. The standard InChI is InChI=1S/C13H27Cl.Sn.4H/c1-4-7-10-13(14,11-8-5-2)12-9-6-3;;;;;/h4-12H2,1-3H3;;;;;. The van der Waals surface area contributed by atoms with E-state index in [1.165, 1.54) is 57.8 Å². The van der Waals surface area contributed by atoms with Crippen LogP contribution >= 0.6 is 11.6 Å². The number of hydrogen-bond acceptors (Lipinski definition) is 0. The molecular weight excluding hydrogens is 310 g/mol. The minimum absolute atomic E-state index is 0. The number of unbranched alkanes of at least 4 members (excludes halogenated alkanes) is 3. The molecule has 0 heterocycles. The summed E-state index contributed by atoms with van der Waals surface area (Å²) in [6.45, 7) is 6.74. The van der Waals surface area contributed by atoms with Gasteiger partial charge in [-0.1, -0.05) is 59.3 Å². The molecule has 0 nitrogen and oxygen atoms in total. The Kier molecular flexibility index (Phi) is 14.2. The van der Waals surface area contributed by atoms with Crippen LogP contribution in [0, 0.1) is 0 Å². The van der Waals surface area contributed by atoms with Crippen LogP contribution < -0.4 is 0 Å². The molecule has 0 spiro atoms. The van der Waals surface area contributed by atoms with Gasteiger partial charge in [0.1, 0.15) is 0 Å². The molecule has 0 saturated carbocycles. The zero-order valence-corrected chi connectivity index (χ0v) is 11.0. The van der Waals surface area contributed by atoms with Crippen molar-refractivity contribution in [3.05, 3.63) is 0 Å². The third-order valence-electron chi connectivity index (χ3n) is 2.94. The van der Waals surface area contributed by atoms with Crippen LogP contribution in [-0.2, 0) is 0 Å². The Morgan fingerprint density at radius 3 is 1.20 bits per heavy atom. The van der Waals surface area contributed by atoms with Gasteiger partial charge in [0.2, 0.25) is 0 Å². The summed E-state index contributed by atoms with van der Waals surface area (Å²) in [6.07, 6.45) is 11.3. The van der Waals surface area contributed by atoms with Crippen molar-refractivity contribution in [3.63, 3.8) is 0 Å². The number of halogens is 1. The Morgan fingerprint density at radius 1 is 0.733 bits per heavy atom. The SMILES string of the molecule is CCCCC(Cl)(CCCC)CCCC.[SnH4]. The van der Waals surface area contributed by atoms with Gasteiger partial charge >= 0.3 is 23.9 Å². The van der Waals surface area contributed by atoms with Gasteiger partial charge in [-0.05, 0) is 19.3 Å². The third-order valence-corrected chi connectivity index (χ3v) is 3.50. The normalized spacial score (nSPS) is 11.2. The van der Waals surface area contributed by atoms with Gasteiger partial charge in [-0.15, -0.1) is 11.6 Å². The van der Waals surface area contributed by atoms with Gasteiger partial charge in [-0.2, -0.15) is 0 Å². The molecular formula is C13H31ClSn. The van der Waals surface area contributed by atoms with Crippen LogP contribution in [0.25, 0.3) is 0 Å². The molecule has 0 unspecified atom stereocenters. The van der Waals surface area contributed by atoms with E-state index in [-0.39, 0.29) is 28.8 Å². The van der Waals surface area contributed by atoms with Crippen LogP contribution in [-0.4, -0.2) is 28.8 Å². The van der Waals surface area contributed by atoms with Crippen molar-refractivity contribution in [1.82, 2.24) is 0 Å². The first kappa shape index (κ1) is 18.5. The van der Waals surface area contributed by atoms with Gasteiger partial charge in [0, 0.05) is 4.87 Å².